The second-order valence-corrected chi connectivity index (χ2v) is 7.13. The first-order valence-electron chi connectivity index (χ1n) is 8.62. The van der Waals surface area contributed by atoms with Gasteiger partial charge in [-0.2, -0.15) is 0 Å². The van der Waals surface area contributed by atoms with Crippen molar-refractivity contribution >= 4 is 33.8 Å². The molecule has 0 atom stereocenters. The Bertz CT molecular complexity index is 1200. The number of thiophene rings is 1. The standard InChI is InChI=1S/C21H17N3O3S/c1-27-15-4-5-16-17(6-7-22-18(16)11-15)24-20(25)10-13-9-14(12-23-21(13)26)19-3-2-8-28-19/h2-9,11-12H,10H2,1H3,(H,23,26)(H,22,24,25). The number of hydrogen-bond acceptors (Lipinski definition) is 5. The molecule has 1 aromatic carbocycles. The third kappa shape index (κ3) is 3.65. The Morgan fingerprint density at radius 2 is 2.14 bits per heavy atom. The van der Waals surface area contributed by atoms with Crippen LogP contribution in [-0.2, 0) is 11.2 Å². The number of carbonyl (C=O) groups excluding carboxylic acids is 1. The van der Waals surface area contributed by atoms with E-state index in [4.69, 9.17) is 4.74 Å². The van der Waals surface area contributed by atoms with Crippen molar-refractivity contribution in [1.29, 1.82) is 0 Å². The molecule has 2 N–H and O–H groups in total. The highest BCUT2D eigenvalue weighted by atomic mass is 32.1. The number of pyridine rings is 2. The number of hydrogen-bond donors (Lipinski definition) is 2. The molecule has 7 heteroatoms. The Labute approximate surface area is 164 Å². The summed E-state index contributed by atoms with van der Waals surface area (Å²) in [5, 5.41) is 5.65. The fourth-order valence-corrected chi connectivity index (χ4v) is 3.69. The summed E-state index contributed by atoms with van der Waals surface area (Å²) in [6, 6.07) is 12.9. The normalized spacial score (nSPS) is 10.8. The quantitative estimate of drug-likeness (QED) is 0.541. The zero-order valence-corrected chi connectivity index (χ0v) is 15.9. The van der Waals surface area contributed by atoms with E-state index >= 15 is 0 Å². The highest BCUT2D eigenvalue weighted by Crippen LogP contribution is 2.26. The Morgan fingerprint density at radius 3 is 2.93 bits per heavy atom. The molecule has 4 aromatic rings. The zero-order chi connectivity index (χ0) is 19.5. The molecule has 140 valence electrons. The fourth-order valence-electron chi connectivity index (χ4n) is 2.98. The van der Waals surface area contributed by atoms with E-state index in [1.807, 2.05) is 29.6 Å². The summed E-state index contributed by atoms with van der Waals surface area (Å²) >= 11 is 1.58. The Kier molecular flexibility index (Phi) is 4.90. The van der Waals surface area contributed by atoms with Gasteiger partial charge in [0.05, 0.1) is 24.7 Å². The Hall–Kier alpha value is -3.45. The number of aromatic nitrogens is 2. The molecule has 0 fully saturated rings. The van der Waals surface area contributed by atoms with E-state index in [1.54, 1.807) is 49.0 Å². The number of ether oxygens (including phenoxy) is 1. The molecule has 0 spiro atoms. The highest BCUT2D eigenvalue weighted by Gasteiger charge is 2.12. The summed E-state index contributed by atoms with van der Waals surface area (Å²) in [6.07, 6.45) is 3.27. The van der Waals surface area contributed by atoms with Crippen LogP contribution in [0.1, 0.15) is 5.56 Å². The topological polar surface area (TPSA) is 84.1 Å². The first-order chi connectivity index (χ1) is 13.6. The lowest BCUT2D eigenvalue weighted by Gasteiger charge is -2.09. The smallest absolute Gasteiger partial charge is 0.251 e. The molecule has 0 aliphatic heterocycles. The summed E-state index contributed by atoms with van der Waals surface area (Å²) in [5.74, 6) is 0.428. The van der Waals surface area contributed by atoms with Crippen LogP contribution in [0.3, 0.4) is 0 Å². The third-order valence-electron chi connectivity index (χ3n) is 4.36. The number of benzene rings is 1. The van der Waals surface area contributed by atoms with Crippen molar-refractivity contribution in [1.82, 2.24) is 9.97 Å². The lowest BCUT2D eigenvalue weighted by molar-refractivity contribution is -0.115. The SMILES string of the molecule is COc1ccc2c(NC(=O)Cc3cc(-c4cccs4)c[nH]c3=O)ccnc2c1. The first kappa shape index (κ1) is 17.9. The molecule has 0 aliphatic rings. The summed E-state index contributed by atoms with van der Waals surface area (Å²) in [6.45, 7) is 0. The summed E-state index contributed by atoms with van der Waals surface area (Å²) in [7, 11) is 1.59. The Morgan fingerprint density at radius 1 is 1.25 bits per heavy atom. The van der Waals surface area contributed by atoms with Crippen molar-refractivity contribution in [3.05, 3.63) is 76.2 Å². The third-order valence-corrected chi connectivity index (χ3v) is 5.28. The van der Waals surface area contributed by atoms with Crippen molar-refractivity contribution in [2.45, 2.75) is 6.42 Å². The zero-order valence-electron chi connectivity index (χ0n) is 15.1. The number of nitrogens with one attached hydrogen (secondary N) is 2. The highest BCUT2D eigenvalue weighted by molar-refractivity contribution is 7.13. The van der Waals surface area contributed by atoms with Crippen molar-refractivity contribution < 1.29 is 9.53 Å². The lowest BCUT2D eigenvalue weighted by Crippen LogP contribution is -2.21. The van der Waals surface area contributed by atoms with Gasteiger partial charge in [-0.05, 0) is 35.7 Å². The summed E-state index contributed by atoms with van der Waals surface area (Å²) < 4.78 is 5.21. The number of amides is 1. The number of aromatic amines is 1. The number of rotatable bonds is 5. The van der Waals surface area contributed by atoms with Crippen LogP contribution in [0.15, 0.2) is 65.0 Å². The van der Waals surface area contributed by atoms with Crippen molar-refractivity contribution in [2.75, 3.05) is 12.4 Å². The first-order valence-corrected chi connectivity index (χ1v) is 9.50. The number of carbonyl (C=O) groups is 1. The van der Waals surface area contributed by atoms with E-state index in [-0.39, 0.29) is 17.9 Å². The van der Waals surface area contributed by atoms with E-state index in [9.17, 15) is 9.59 Å². The molecule has 6 nitrogen and oxygen atoms in total. The van der Waals surface area contributed by atoms with Gasteiger partial charge < -0.3 is 15.0 Å². The van der Waals surface area contributed by atoms with Gasteiger partial charge >= 0.3 is 0 Å². The molecular weight excluding hydrogens is 374 g/mol. The van der Waals surface area contributed by atoms with Crippen LogP contribution in [0.5, 0.6) is 5.75 Å². The minimum absolute atomic E-state index is 0.0193. The maximum atomic E-state index is 12.6. The van der Waals surface area contributed by atoms with Crippen LogP contribution in [0.25, 0.3) is 21.3 Å². The van der Waals surface area contributed by atoms with Crippen molar-refractivity contribution in [3.8, 4) is 16.2 Å². The van der Waals surface area contributed by atoms with Gasteiger partial charge in [-0.15, -0.1) is 11.3 Å². The van der Waals surface area contributed by atoms with Gasteiger partial charge in [0.25, 0.3) is 5.56 Å². The monoisotopic (exact) mass is 391 g/mol. The molecule has 0 radical (unpaired) electrons. The van der Waals surface area contributed by atoms with Crippen LogP contribution >= 0.6 is 11.3 Å². The van der Waals surface area contributed by atoms with Gasteiger partial charge in [0.1, 0.15) is 5.75 Å². The van der Waals surface area contributed by atoms with Gasteiger partial charge in [-0.3, -0.25) is 14.6 Å². The van der Waals surface area contributed by atoms with E-state index in [2.05, 4.69) is 15.3 Å². The average molecular weight is 391 g/mol. The van der Waals surface area contributed by atoms with E-state index in [0.717, 1.165) is 21.3 Å². The van der Waals surface area contributed by atoms with Gasteiger partial charge in [-0.1, -0.05) is 6.07 Å². The maximum absolute atomic E-state index is 12.6. The Balaban J connectivity index is 1.58. The van der Waals surface area contributed by atoms with Crippen molar-refractivity contribution in [2.24, 2.45) is 0 Å². The molecule has 0 saturated carbocycles. The fraction of sp³-hybridized carbons (Fsp3) is 0.0952. The minimum Gasteiger partial charge on any atom is -0.497 e. The predicted octanol–water partition coefficient (Wildman–Crippen LogP) is 3.84. The second kappa shape index (κ2) is 7.66. The maximum Gasteiger partial charge on any atom is 0.251 e. The van der Waals surface area contributed by atoms with Gasteiger partial charge in [0, 0.05) is 39.9 Å². The number of methoxy groups -OCH3 is 1. The van der Waals surface area contributed by atoms with Crippen LogP contribution in [0.2, 0.25) is 0 Å². The number of H-pyrrole nitrogens is 1. The summed E-state index contributed by atoms with van der Waals surface area (Å²) in [4.78, 5) is 32.8. The average Bonchev–Trinajstić information content (AvgIpc) is 3.24. The second-order valence-electron chi connectivity index (χ2n) is 6.19. The minimum atomic E-state index is -0.267. The molecule has 1 amide bonds. The van der Waals surface area contributed by atoms with Crippen LogP contribution in [0.4, 0.5) is 5.69 Å². The van der Waals surface area contributed by atoms with Gasteiger partial charge in [-0.25, -0.2) is 0 Å². The predicted molar refractivity (Wildman–Crippen MR) is 111 cm³/mol. The van der Waals surface area contributed by atoms with Crippen molar-refractivity contribution in [3.63, 3.8) is 0 Å². The molecule has 0 saturated heterocycles. The summed E-state index contributed by atoms with van der Waals surface area (Å²) in [5.41, 5.74) is 2.40. The van der Waals surface area contributed by atoms with Gasteiger partial charge in [0.15, 0.2) is 0 Å². The molecule has 4 rings (SSSR count). The van der Waals surface area contributed by atoms with Gasteiger partial charge in [0.2, 0.25) is 5.91 Å². The number of nitrogens with zero attached hydrogens (tertiary/aromatic N) is 1. The molecular formula is C21H17N3O3S. The van der Waals surface area contributed by atoms with E-state index < -0.39 is 0 Å². The van der Waals surface area contributed by atoms with Crippen LogP contribution < -0.4 is 15.6 Å². The van der Waals surface area contributed by atoms with Crippen LogP contribution in [0, 0.1) is 0 Å². The van der Waals surface area contributed by atoms with E-state index in [1.165, 1.54) is 0 Å². The molecule has 0 unspecified atom stereocenters. The molecule has 3 heterocycles. The number of fused-ring (bicyclic) bond motifs is 1. The van der Waals surface area contributed by atoms with E-state index in [0.29, 0.717) is 17.0 Å². The largest absolute Gasteiger partial charge is 0.497 e. The molecule has 28 heavy (non-hydrogen) atoms. The molecule has 3 aromatic heterocycles. The molecule has 0 bridgehead atoms. The number of anilines is 1. The molecule has 0 aliphatic carbocycles. The van der Waals surface area contributed by atoms with Crippen LogP contribution in [-0.4, -0.2) is 23.0 Å². The lowest BCUT2D eigenvalue weighted by atomic mass is 10.1.